The molecule has 3 heteroatoms. The predicted molar refractivity (Wildman–Crippen MR) is 44.7 cm³/mol. The Morgan fingerprint density at radius 2 is 1.82 bits per heavy atom. The van der Waals surface area contributed by atoms with E-state index < -0.39 is 10.3 Å². The first-order chi connectivity index (χ1) is 5.17. The molecule has 11 heavy (non-hydrogen) atoms. The van der Waals surface area contributed by atoms with Crippen molar-refractivity contribution in [3.63, 3.8) is 0 Å². The van der Waals surface area contributed by atoms with Gasteiger partial charge in [0.25, 0.3) is 0 Å². The Balaban J connectivity index is 2.14. The first-order valence-electron chi connectivity index (χ1n) is 4.09. The molecule has 2 aliphatic carbocycles. The second-order valence-corrected chi connectivity index (χ2v) is 4.88. The number of fused-ring (bicyclic) bond motifs is 1. The molecule has 0 aromatic rings. The minimum atomic E-state index is -0.658. The van der Waals surface area contributed by atoms with Gasteiger partial charge in [-0.3, -0.25) is 4.79 Å². The van der Waals surface area contributed by atoms with E-state index >= 15 is 0 Å². The zero-order valence-corrected chi connectivity index (χ0v) is 7.80. The van der Waals surface area contributed by atoms with E-state index in [0.29, 0.717) is 11.8 Å². The zero-order valence-electron chi connectivity index (χ0n) is 6.22. The Hall–Kier alpha value is -0.0500. The molecule has 1 N–H and O–H groups in total. The van der Waals surface area contributed by atoms with Crippen molar-refractivity contribution in [1.29, 1.82) is 0 Å². The highest BCUT2D eigenvalue weighted by Crippen LogP contribution is 2.63. The molecule has 2 unspecified atom stereocenters. The molecule has 0 saturated heterocycles. The van der Waals surface area contributed by atoms with E-state index in [0.717, 1.165) is 12.8 Å². The van der Waals surface area contributed by atoms with Crippen LogP contribution in [-0.4, -0.2) is 15.4 Å². The average molecular weight is 219 g/mol. The van der Waals surface area contributed by atoms with Gasteiger partial charge in [0.2, 0.25) is 0 Å². The van der Waals surface area contributed by atoms with Gasteiger partial charge in [-0.15, -0.1) is 0 Å². The standard InChI is InChI=1S/C8H11BrO2/c9-8(7(10)11)5-3-1-2-4-6(5)8/h5-6H,1-4H2,(H,10,11). The van der Waals surface area contributed by atoms with Crippen LogP contribution in [0.5, 0.6) is 0 Å². The van der Waals surface area contributed by atoms with E-state index in [9.17, 15) is 4.79 Å². The van der Waals surface area contributed by atoms with E-state index in [1.165, 1.54) is 12.8 Å². The summed E-state index contributed by atoms with van der Waals surface area (Å²) in [5.41, 5.74) is 0. The van der Waals surface area contributed by atoms with Gasteiger partial charge < -0.3 is 5.11 Å². The Bertz CT molecular complexity index is 190. The molecule has 2 nitrogen and oxygen atoms in total. The molecule has 2 fully saturated rings. The van der Waals surface area contributed by atoms with Crippen LogP contribution in [0.2, 0.25) is 0 Å². The second kappa shape index (κ2) is 2.22. The highest BCUT2D eigenvalue weighted by molar-refractivity contribution is 9.10. The van der Waals surface area contributed by atoms with E-state index in [2.05, 4.69) is 15.9 Å². The quantitative estimate of drug-likeness (QED) is 0.685. The van der Waals surface area contributed by atoms with Gasteiger partial charge in [-0.2, -0.15) is 0 Å². The van der Waals surface area contributed by atoms with E-state index in [1.54, 1.807) is 0 Å². The number of rotatable bonds is 1. The minimum absolute atomic E-state index is 0.425. The number of carbonyl (C=O) groups is 1. The van der Waals surface area contributed by atoms with Crippen LogP contribution in [0.4, 0.5) is 0 Å². The first-order valence-corrected chi connectivity index (χ1v) is 4.89. The molecule has 0 radical (unpaired) electrons. The normalized spacial score (nSPS) is 48.1. The number of carboxylic acids is 1. The van der Waals surface area contributed by atoms with Gasteiger partial charge in [0.15, 0.2) is 0 Å². The fourth-order valence-corrected chi connectivity index (χ4v) is 3.33. The summed E-state index contributed by atoms with van der Waals surface area (Å²) in [7, 11) is 0. The van der Waals surface area contributed by atoms with Crippen molar-refractivity contribution in [2.45, 2.75) is 30.0 Å². The summed E-state index contributed by atoms with van der Waals surface area (Å²) in [6.07, 6.45) is 4.62. The number of hydrogen-bond donors (Lipinski definition) is 1. The monoisotopic (exact) mass is 218 g/mol. The third kappa shape index (κ3) is 0.866. The van der Waals surface area contributed by atoms with Crippen LogP contribution in [0.1, 0.15) is 25.7 Å². The van der Waals surface area contributed by atoms with Crippen molar-refractivity contribution in [1.82, 2.24) is 0 Å². The SMILES string of the molecule is O=C(O)C1(Br)C2CCCCC21. The minimum Gasteiger partial charge on any atom is -0.480 e. The van der Waals surface area contributed by atoms with Crippen LogP contribution in [0.15, 0.2) is 0 Å². The lowest BCUT2D eigenvalue weighted by molar-refractivity contribution is -0.137. The molecule has 2 aliphatic rings. The summed E-state index contributed by atoms with van der Waals surface area (Å²) < 4.78 is -0.524. The van der Waals surface area contributed by atoms with Crippen LogP contribution in [0, 0.1) is 11.8 Å². The predicted octanol–water partition coefficient (Wildman–Crippen LogP) is 2.02. The Morgan fingerprint density at radius 3 is 2.18 bits per heavy atom. The Morgan fingerprint density at radius 1 is 1.36 bits per heavy atom. The second-order valence-electron chi connectivity index (χ2n) is 3.57. The van der Waals surface area contributed by atoms with E-state index in [1.807, 2.05) is 0 Å². The van der Waals surface area contributed by atoms with E-state index in [4.69, 9.17) is 5.11 Å². The average Bonchev–Trinajstić information content (AvgIpc) is 2.61. The molecule has 0 spiro atoms. The largest absolute Gasteiger partial charge is 0.480 e. The van der Waals surface area contributed by atoms with Crippen molar-refractivity contribution < 1.29 is 9.90 Å². The molecule has 2 saturated carbocycles. The molecular weight excluding hydrogens is 208 g/mol. The number of halogens is 1. The molecule has 2 rings (SSSR count). The number of carboxylic acid groups (broad SMARTS) is 1. The maximum atomic E-state index is 10.8. The van der Waals surface area contributed by atoms with Crippen molar-refractivity contribution in [3.8, 4) is 0 Å². The van der Waals surface area contributed by atoms with Gasteiger partial charge in [0.05, 0.1) is 0 Å². The lowest BCUT2D eigenvalue weighted by Gasteiger charge is -2.04. The molecule has 0 bridgehead atoms. The number of alkyl halides is 1. The van der Waals surface area contributed by atoms with Crippen molar-refractivity contribution in [2.24, 2.45) is 11.8 Å². The number of aliphatic carboxylic acids is 1. The lowest BCUT2D eigenvalue weighted by atomic mass is 10.0. The smallest absolute Gasteiger partial charge is 0.321 e. The van der Waals surface area contributed by atoms with Crippen molar-refractivity contribution in [2.75, 3.05) is 0 Å². The Labute approximate surface area is 74.1 Å². The maximum absolute atomic E-state index is 10.8. The van der Waals surface area contributed by atoms with Crippen LogP contribution in [-0.2, 0) is 4.79 Å². The molecule has 0 aromatic heterocycles. The fraction of sp³-hybridized carbons (Fsp3) is 0.875. The first kappa shape index (κ1) is 7.59. The van der Waals surface area contributed by atoms with Gasteiger partial charge in [-0.25, -0.2) is 0 Å². The van der Waals surface area contributed by atoms with Crippen LogP contribution < -0.4 is 0 Å². The van der Waals surface area contributed by atoms with Crippen molar-refractivity contribution >= 4 is 21.9 Å². The maximum Gasteiger partial charge on any atom is 0.321 e. The molecule has 0 heterocycles. The van der Waals surface area contributed by atoms with Gasteiger partial charge >= 0.3 is 5.97 Å². The van der Waals surface area contributed by atoms with Crippen LogP contribution in [0.3, 0.4) is 0 Å². The highest BCUT2D eigenvalue weighted by atomic mass is 79.9. The zero-order chi connectivity index (χ0) is 8.06. The number of hydrogen-bond acceptors (Lipinski definition) is 1. The van der Waals surface area contributed by atoms with Crippen molar-refractivity contribution in [3.05, 3.63) is 0 Å². The summed E-state index contributed by atoms with van der Waals surface area (Å²) in [6.45, 7) is 0. The molecular formula is C8H11BrO2. The molecule has 62 valence electrons. The molecule has 0 amide bonds. The van der Waals surface area contributed by atoms with Gasteiger partial charge in [-0.05, 0) is 24.7 Å². The van der Waals surface area contributed by atoms with Crippen LogP contribution >= 0.6 is 15.9 Å². The van der Waals surface area contributed by atoms with E-state index in [-0.39, 0.29) is 0 Å². The third-order valence-corrected chi connectivity index (χ3v) is 4.58. The summed E-state index contributed by atoms with van der Waals surface area (Å²) >= 11 is 3.35. The molecule has 0 aliphatic heterocycles. The summed E-state index contributed by atoms with van der Waals surface area (Å²) in [5, 5.41) is 8.90. The van der Waals surface area contributed by atoms with Gasteiger partial charge in [0.1, 0.15) is 4.32 Å². The Kier molecular flexibility index (Phi) is 1.53. The summed E-state index contributed by atoms with van der Waals surface area (Å²) in [4.78, 5) is 10.8. The molecule has 2 atom stereocenters. The lowest BCUT2D eigenvalue weighted by Crippen LogP contribution is -2.17. The van der Waals surface area contributed by atoms with Crippen LogP contribution in [0.25, 0.3) is 0 Å². The molecule has 0 aromatic carbocycles. The summed E-state index contributed by atoms with van der Waals surface area (Å²) in [5.74, 6) is 0.192. The third-order valence-electron chi connectivity index (χ3n) is 3.06. The van der Waals surface area contributed by atoms with Gasteiger partial charge in [0, 0.05) is 0 Å². The summed E-state index contributed by atoms with van der Waals surface area (Å²) in [6, 6.07) is 0. The highest BCUT2D eigenvalue weighted by Gasteiger charge is 2.68. The van der Waals surface area contributed by atoms with Gasteiger partial charge in [-0.1, -0.05) is 28.8 Å². The topological polar surface area (TPSA) is 37.3 Å². The fourth-order valence-electron chi connectivity index (χ4n) is 2.37.